The molecule has 0 aliphatic heterocycles. The maximum atomic E-state index is 2.42. The normalized spacial score (nSPS) is 28.3. The predicted molar refractivity (Wildman–Crippen MR) is 61.9 cm³/mol. The van der Waals surface area contributed by atoms with Crippen molar-refractivity contribution in [3.05, 3.63) is 12.2 Å². The minimum atomic E-state index is 0.908. The maximum Gasteiger partial charge on any atom is -0.0233 e. The number of hydrogen-bond donors (Lipinski definition) is 0. The summed E-state index contributed by atoms with van der Waals surface area (Å²) in [5.74, 6) is 1.90. The summed E-state index contributed by atoms with van der Waals surface area (Å²) >= 11 is 0. The average molecular weight is 182 g/mol. The fourth-order valence-corrected chi connectivity index (χ4v) is 1.81. The summed E-state index contributed by atoms with van der Waals surface area (Å²) in [5.41, 5.74) is 0. The lowest BCUT2D eigenvalue weighted by atomic mass is 9.83. The second-order valence-corrected chi connectivity index (χ2v) is 3.86. The first-order valence-corrected chi connectivity index (χ1v) is 5.99. The van der Waals surface area contributed by atoms with Crippen molar-refractivity contribution in [2.45, 2.75) is 59.8 Å². The van der Waals surface area contributed by atoms with Gasteiger partial charge in [-0.05, 0) is 31.1 Å². The van der Waals surface area contributed by atoms with E-state index in [1.165, 1.54) is 32.1 Å². The highest BCUT2D eigenvalue weighted by molar-refractivity contribution is 4.89. The molecule has 0 atom stereocenters. The molecule has 0 saturated heterocycles. The first kappa shape index (κ1) is 12.7. The van der Waals surface area contributed by atoms with Crippen LogP contribution in [0.5, 0.6) is 0 Å². The third-order valence-corrected chi connectivity index (χ3v) is 2.70. The molecule has 1 saturated carbocycles. The molecule has 0 heteroatoms. The first-order chi connectivity index (χ1) is 6.33. The Labute approximate surface area is 84.4 Å². The average Bonchev–Trinajstić information content (AvgIpc) is 2.20. The molecule has 1 aliphatic carbocycles. The van der Waals surface area contributed by atoms with Crippen molar-refractivity contribution >= 4 is 0 Å². The Morgan fingerprint density at radius 2 is 1.62 bits per heavy atom. The largest absolute Gasteiger partial charge is 0.0885 e. The summed E-state index contributed by atoms with van der Waals surface area (Å²) in [6, 6.07) is 0. The highest BCUT2D eigenvalue weighted by atomic mass is 14.2. The fraction of sp³-hybridized carbons (Fsp3) is 0.846. The van der Waals surface area contributed by atoms with E-state index in [2.05, 4.69) is 26.0 Å². The van der Waals surface area contributed by atoms with Crippen molar-refractivity contribution in [3.8, 4) is 0 Å². The molecule has 0 spiro atoms. The van der Waals surface area contributed by atoms with Crippen molar-refractivity contribution in [1.29, 1.82) is 0 Å². The molecular formula is C13H26. The molecule has 0 radical (unpaired) electrons. The lowest BCUT2D eigenvalue weighted by molar-refractivity contribution is 0.330. The lowest BCUT2D eigenvalue weighted by Gasteiger charge is -2.23. The summed E-state index contributed by atoms with van der Waals surface area (Å²) in [4.78, 5) is 0. The Bertz CT molecular complexity index is 116. The van der Waals surface area contributed by atoms with Crippen LogP contribution in [0.3, 0.4) is 0 Å². The SMILES string of the molecule is CC.CC/C=C\C1CCC(C)CC1. The standard InChI is InChI=1S/C11H20.C2H6/c1-3-4-5-11-8-6-10(2)7-9-11;1-2/h4-5,10-11H,3,6-9H2,1-2H3;1-2H3/b5-4-;. The Morgan fingerprint density at radius 3 is 2.08 bits per heavy atom. The van der Waals surface area contributed by atoms with Gasteiger partial charge in [0, 0.05) is 0 Å². The highest BCUT2D eigenvalue weighted by Gasteiger charge is 2.14. The topological polar surface area (TPSA) is 0 Å². The van der Waals surface area contributed by atoms with E-state index in [9.17, 15) is 0 Å². The molecule has 0 aromatic carbocycles. The van der Waals surface area contributed by atoms with Crippen LogP contribution in [0.25, 0.3) is 0 Å². The van der Waals surface area contributed by atoms with E-state index in [0.29, 0.717) is 0 Å². The Balaban J connectivity index is 0.000000671. The smallest absolute Gasteiger partial charge is 0.0233 e. The van der Waals surface area contributed by atoms with Gasteiger partial charge in [-0.2, -0.15) is 0 Å². The molecule has 0 unspecified atom stereocenters. The zero-order valence-corrected chi connectivity index (χ0v) is 9.84. The van der Waals surface area contributed by atoms with Crippen LogP contribution in [0.2, 0.25) is 0 Å². The molecule has 0 bridgehead atoms. The van der Waals surface area contributed by atoms with Gasteiger partial charge in [0.2, 0.25) is 0 Å². The summed E-state index contributed by atoms with van der Waals surface area (Å²) in [5, 5.41) is 0. The predicted octanol–water partition coefficient (Wildman–Crippen LogP) is 4.81. The van der Waals surface area contributed by atoms with Gasteiger partial charge in [-0.3, -0.25) is 0 Å². The zero-order chi connectivity index (χ0) is 10.1. The fourth-order valence-electron chi connectivity index (χ4n) is 1.81. The third-order valence-electron chi connectivity index (χ3n) is 2.70. The molecule has 0 nitrogen and oxygen atoms in total. The lowest BCUT2D eigenvalue weighted by Crippen LogP contribution is -2.09. The van der Waals surface area contributed by atoms with Crippen LogP contribution in [0, 0.1) is 11.8 Å². The Kier molecular flexibility index (Phi) is 8.18. The second kappa shape index (κ2) is 8.34. The highest BCUT2D eigenvalue weighted by Crippen LogP contribution is 2.28. The van der Waals surface area contributed by atoms with E-state index in [-0.39, 0.29) is 0 Å². The molecule has 0 amide bonds. The van der Waals surface area contributed by atoms with E-state index < -0.39 is 0 Å². The van der Waals surface area contributed by atoms with Crippen LogP contribution in [-0.2, 0) is 0 Å². The van der Waals surface area contributed by atoms with Gasteiger partial charge in [-0.1, -0.05) is 52.7 Å². The summed E-state index contributed by atoms with van der Waals surface area (Å²) < 4.78 is 0. The third kappa shape index (κ3) is 5.90. The Morgan fingerprint density at radius 1 is 1.08 bits per heavy atom. The van der Waals surface area contributed by atoms with E-state index in [1.54, 1.807) is 0 Å². The molecule has 0 heterocycles. The van der Waals surface area contributed by atoms with E-state index in [0.717, 1.165) is 11.8 Å². The molecule has 1 fully saturated rings. The summed E-state index contributed by atoms with van der Waals surface area (Å²) in [7, 11) is 0. The van der Waals surface area contributed by atoms with Crippen molar-refractivity contribution in [2.75, 3.05) is 0 Å². The second-order valence-electron chi connectivity index (χ2n) is 3.86. The van der Waals surface area contributed by atoms with Gasteiger partial charge in [0.25, 0.3) is 0 Å². The van der Waals surface area contributed by atoms with Crippen molar-refractivity contribution in [1.82, 2.24) is 0 Å². The first-order valence-electron chi connectivity index (χ1n) is 5.99. The molecule has 13 heavy (non-hydrogen) atoms. The summed E-state index contributed by atoms with van der Waals surface area (Å²) in [6.45, 7) is 8.59. The van der Waals surface area contributed by atoms with Crippen LogP contribution in [0.4, 0.5) is 0 Å². The number of hydrogen-bond acceptors (Lipinski definition) is 0. The molecule has 0 aromatic rings. The van der Waals surface area contributed by atoms with Gasteiger partial charge >= 0.3 is 0 Å². The van der Waals surface area contributed by atoms with Gasteiger partial charge < -0.3 is 0 Å². The van der Waals surface area contributed by atoms with Crippen molar-refractivity contribution in [2.24, 2.45) is 11.8 Å². The molecule has 0 aromatic heterocycles. The number of rotatable bonds is 2. The van der Waals surface area contributed by atoms with E-state index in [4.69, 9.17) is 0 Å². The quantitative estimate of drug-likeness (QED) is 0.538. The molecule has 78 valence electrons. The number of allylic oxidation sites excluding steroid dienone is 2. The van der Waals surface area contributed by atoms with Gasteiger partial charge in [-0.15, -0.1) is 0 Å². The van der Waals surface area contributed by atoms with Crippen LogP contribution in [0.1, 0.15) is 59.8 Å². The van der Waals surface area contributed by atoms with Gasteiger partial charge in [0.05, 0.1) is 0 Å². The van der Waals surface area contributed by atoms with E-state index >= 15 is 0 Å². The van der Waals surface area contributed by atoms with Gasteiger partial charge in [0.1, 0.15) is 0 Å². The molecule has 1 aliphatic rings. The van der Waals surface area contributed by atoms with Crippen LogP contribution < -0.4 is 0 Å². The maximum absolute atomic E-state index is 2.42. The van der Waals surface area contributed by atoms with Crippen LogP contribution >= 0.6 is 0 Å². The van der Waals surface area contributed by atoms with Crippen molar-refractivity contribution < 1.29 is 0 Å². The molecule has 0 N–H and O–H groups in total. The molecular weight excluding hydrogens is 156 g/mol. The minimum absolute atomic E-state index is 0.908. The minimum Gasteiger partial charge on any atom is -0.0885 e. The van der Waals surface area contributed by atoms with Crippen LogP contribution in [0.15, 0.2) is 12.2 Å². The van der Waals surface area contributed by atoms with Crippen molar-refractivity contribution in [3.63, 3.8) is 0 Å². The summed E-state index contributed by atoms with van der Waals surface area (Å²) in [6.07, 6.45) is 11.7. The monoisotopic (exact) mass is 182 g/mol. The Hall–Kier alpha value is -0.260. The zero-order valence-electron chi connectivity index (χ0n) is 9.84. The van der Waals surface area contributed by atoms with Gasteiger partial charge in [0.15, 0.2) is 0 Å². The van der Waals surface area contributed by atoms with Crippen LogP contribution in [-0.4, -0.2) is 0 Å². The van der Waals surface area contributed by atoms with E-state index in [1.807, 2.05) is 13.8 Å². The molecule has 1 rings (SSSR count). The van der Waals surface area contributed by atoms with Gasteiger partial charge in [-0.25, -0.2) is 0 Å².